The van der Waals surface area contributed by atoms with Crippen LogP contribution < -0.4 is 19.1 Å². The second-order valence-electron chi connectivity index (χ2n) is 8.25. The Kier molecular flexibility index (Phi) is 6.04. The van der Waals surface area contributed by atoms with E-state index in [0.717, 1.165) is 0 Å². The van der Waals surface area contributed by atoms with Crippen LogP contribution in [0.2, 0.25) is 0 Å². The van der Waals surface area contributed by atoms with E-state index < -0.39 is 29.3 Å². The van der Waals surface area contributed by atoms with Crippen LogP contribution in [0.25, 0.3) is 11.0 Å². The monoisotopic (exact) mass is 503 g/mol. The van der Waals surface area contributed by atoms with Crippen LogP contribution in [0, 0.1) is 5.82 Å². The summed E-state index contributed by atoms with van der Waals surface area (Å²) >= 11 is 0. The molecule has 1 unspecified atom stereocenters. The molecule has 0 bridgehead atoms. The van der Waals surface area contributed by atoms with Crippen LogP contribution in [0.5, 0.6) is 17.2 Å². The third kappa shape index (κ3) is 3.94. The molecule has 1 amide bonds. The number of carbonyl (C=O) groups excluding carboxylic acids is 2. The molecule has 1 atom stereocenters. The summed E-state index contributed by atoms with van der Waals surface area (Å²) in [6, 6.07) is 15.8. The average Bonchev–Trinajstić information content (AvgIpc) is 3.47. The van der Waals surface area contributed by atoms with Crippen LogP contribution in [0.15, 0.2) is 82.5 Å². The summed E-state index contributed by atoms with van der Waals surface area (Å²) in [5.41, 5.74) is 0.928. The zero-order valence-corrected chi connectivity index (χ0v) is 20.2. The van der Waals surface area contributed by atoms with E-state index in [0.29, 0.717) is 22.3 Å². The van der Waals surface area contributed by atoms with Gasteiger partial charge in [-0.05, 0) is 54.1 Å². The third-order valence-electron chi connectivity index (χ3n) is 6.21. The van der Waals surface area contributed by atoms with Gasteiger partial charge in [-0.15, -0.1) is 0 Å². The summed E-state index contributed by atoms with van der Waals surface area (Å²) in [4.78, 5) is 28.4. The van der Waals surface area contributed by atoms with Crippen molar-refractivity contribution >= 4 is 28.3 Å². The zero-order chi connectivity index (χ0) is 26.3. The largest absolute Gasteiger partial charge is 0.503 e. The molecule has 0 saturated heterocycles. The Hall–Kier alpha value is -4.79. The second-order valence-corrected chi connectivity index (χ2v) is 8.25. The molecule has 0 saturated carbocycles. The average molecular weight is 503 g/mol. The van der Waals surface area contributed by atoms with E-state index >= 15 is 0 Å². The molecule has 3 aromatic carbocycles. The number of anilines is 1. The fraction of sp³-hybridized carbons (Fsp3) is 0.143. The van der Waals surface area contributed by atoms with Gasteiger partial charge in [0.15, 0.2) is 23.0 Å². The number of aliphatic hydroxyl groups excluding tert-OH is 1. The molecule has 188 valence electrons. The first kappa shape index (κ1) is 23.9. The summed E-state index contributed by atoms with van der Waals surface area (Å²) in [7, 11) is 4.32. The maximum absolute atomic E-state index is 13.8. The van der Waals surface area contributed by atoms with Gasteiger partial charge in [0, 0.05) is 11.1 Å². The van der Waals surface area contributed by atoms with E-state index in [1.54, 1.807) is 42.5 Å². The number of furan rings is 1. The van der Waals surface area contributed by atoms with Gasteiger partial charge >= 0.3 is 0 Å². The highest BCUT2D eigenvalue weighted by molar-refractivity contribution is 6.20. The van der Waals surface area contributed by atoms with E-state index in [1.807, 2.05) is 0 Å². The SMILES string of the molecule is COc1cc(C2C(C(=O)c3cc4ccccc4o3)=C(O)C(=O)N2c2ccc(F)cc2)cc(OC)c1OC. The number of fused-ring (bicyclic) bond motifs is 1. The van der Waals surface area contributed by atoms with Crippen LogP contribution in [0.3, 0.4) is 0 Å². The Bertz CT molecular complexity index is 1500. The van der Waals surface area contributed by atoms with Gasteiger partial charge in [-0.25, -0.2) is 4.39 Å². The molecule has 37 heavy (non-hydrogen) atoms. The first-order valence-electron chi connectivity index (χ1n) is 11.2. The van der Waals surface area contributed by atoms with Crippen LogP contribution in [0.1, 0.15) is 22.2 Å². The van der Waals surface area contributed by atoms with Crippen molar-refractivity contribution in [2.75, 3.05) is 26.2 Å². The van der Waals surface area contributed by atoms with Crippen molar-refractivity contribution in [1.82, 2.24) is 0 Å². The topological polar surface area (TPSA) is 98.4 Å². The number of carbonyl (C=O) groups is 2. The minimum Gasteiger partial charge on any atom is -0.503 e. The molecule has 8 nitrogen and oxygen atoms in total. The van der Waals surface area contributed by atoms with Gasteiger partial charge in [0.05, 0.1) is 32.9 Å². The van der Waals surface area contributed by atoms with E-state index in [1.165, 1.54) is 50.5 Å². The predicted molar refractivity (Wildman–Crippen MR) is 133 cm³/mol. The number of nitrogens with zero attached hydrogens (tertiary/aromatic N) is 1. The van der Waals surface area contributed by atoms with Gasteiger partial charge < -0.3 is 23.7 Å². The van der Waals surface area contributed by atoms with Crippen LogP contribution >= 0.6 is 0 Å². The standard InChI is InChI=1S/C28H22FNO7/c1-34-21-13-16(14-22(35-2)27(21)36-3)24-23(25(31)20-12-15-6-4-5-7-19(15)37-20)26(32)28(33)30(24)18-10-8-17(29)9-11-18/h4-14,24,32H,1-3H3. The lowest BCUT2D eigenvalue weighted by molar-refractivity contribution is -0.117. The molecule has 1 aliphatic rings. The number of amides is 1. The molecule has 1 N–H and O–H groups in total. The van der Waals surface area contributed by atoms with Crippen molar-refractivity contribution in [2.45, 2.75) is 6.04 Å². The van der Waals surface area contributed by atoms with E-state index in [2.05, 4.69) is 0 Å². The molecular weight excluding hydrogens is 481 g/mol. The number of Topliss-reactive ketones (excluding diaryl/α,β-unsaturated/α-hetero) is 1. The molecule has 0 radical (unpaired) electrons. The summed E-state index contributed by atoms with van der Waals surface area (Å²) in [5.74, 6) is -1.92. The van der Waals surface area contributed by atoms with Gasteiger partial charge in [0.1, 0.15) is 11.4 Å². The van der Waals surface area contributed by atoms with Gasteiger partial charge in [-0.3, -0.25) is 14.5 Å². The third-order valence-corrected chi connectivity index (χ3v) is 6.21. The Morgan fingerprint density at radius 2 is 1.59 bits per heavy atom. The lowest BCUT2D eigenvalue weighted by Gasteiger charge is -2.27. The quantitative estimate of drug-likeness (QED) is 0.338. The van der Waals surface area contributed by atoms with Crippen molar-refractivity contribution in [3.05, 3.63) is 95.2 Å². The lowest BCUT2D eigenvalue weighted by atomic mass is 9.94. The van der Waals surface area contributed by atoms with Crippen molar-refractivity contribution < 1.29 is 37.7 Å². The number of rotatable bonds is 7. The minimum absolute atomic E-state index is 0.0473. The first-order valence-corrected chi connectivity index (χ1v) is 11.2. The van der Waals surface area contributed by atoms with Gasteiger partial charge in [-0.2, -0.15) is 0 Å². The fourth-order valence-corrected chi connectivity index (χ4v) is 4.51. The van der Waals surface area contributed by atoms with E-state index in [9.17, 15) is 19.1 Å². The molecule has 0 spiro atoms. The maximum atomic E-state index is 13.8. The summed E-state index contributed by atoms with van der Waals surface area (Å²) in [6.45, 7) is 0. The van der Waals surface area contributed by atoms with Crippen molar-refractivity contribution in [3.63, 3.8) is 0 Å². The van der Waals surface area contributed by atoms with E-state index in [-0.39, 0.29) is 28.5 Å². The molecule has 0 fully saturated rings. The number of hydrogen-bond donors (Lipinski definition) is 1. The predicted octanol–water partition coefficient (Wildman–Crippen LogP) is 5.38. The van der Waals surface area contributed by atoms with E-state index in [4.69, 9.17) is 18.6 Å². The number of para-hydroxylation sites is 1. The number of halogens is 1. The second kappa shape index (κ2) is 9.34. The molecule has 4 aromatic rings. The number of methoxy groups -OCH3 is 3. The van der Waals surface area contributed by atoms with Crippen molar-refractivity contribution in [3.8, 4) is 17.2 Å². The number of benzene rings is 3. The number of ether oxygens (including phenoxy) is 3. The summed E-state index contributed by atoms with van der Waals surface area (Å²) in [6.07, 6.45) is 0. The smallest absolute Gasteiger partial charge is 0.294 e. The normalized spacial score (nSPS) is 15.4. The number of hydrogen-bond acceptors (Lipinski definition) is 7. The van der Waals surface area contributed by atoms with Gasteiger partial charge in [-0.1, -0.05) is 18.2 Å². The zero-order valence-electron chi connectivity index (χ0n) is 20.2. The fourth-order valence-electron chi connectivity index (χ4n) is 4.51. The van der Waals surface area contributed by atoms with Crippen molar-refractivity contribution in [2.24, 2.45) is 0 Å². The number of aliphatic hydroxyl groups is 1. The minimum atomic E-state index is -1.12. The Morgan fingerprint density at radius 3 is 2.19 bits per heavy atom. The Balaban J connectivity index is 1.72. The molecule has 0 aliphatic carbocycles. The van der Waals surface area contributed by atoms with Crippen molar-refractivity contribution in [1.29, 1.82) is 0 Å². The molecule has 1 aliphatic heterocycles. The summed E-state index contributed by atoms with van der Waals surface area (Å²) < 4.78 is 35.8. The molecule has 2 heterocycles. The number of ketones is 1. The summed E-state index contributed by atoms with van der Waals surface area (Å²) in [5, 5.41) is 11.7. The highest BCUT2D eigenvalue weighted by Gasteiger charge is 2.46. The van der Waals surface area contributed by atoms with Crippen LogP contribution in [-0.4, -0.2) is 38.1 Å². The maximum Gasteiger partial charge on any atom is 0.294 e. The molecule has 5 rings (SSSR count). The van der Waals surface area contributed by atoms with Gasteiger partial charge in [0.25, 0.3) is 5.91 Å². The highest BCUT2D eigenvalue weighted by atomic mass is 19.1. The van der Waals surface area contributed by atoms with Crippen LogP contribution in [-0.2, 0) is 4.79 Å². The Morgan fingerprint density at radius 1 is 0.946 bits per heavy atom. The molecular formula is C28H22FNO7. The first-order chi connectivity index (χ1) is 17.9. The van der Waals surface area contributed by atoms with Crippen LogP contribution in [0.4, 0.5) is 10.1 Å². The highest BCUT2D eigenvalue weighted by Crippen LogP contribution is 2.47. The molecule has 1 aromatic heterocycles. The Labute approximate surface area is 211 Å². The molecule has 9 heteroatoms. The lowest BCUT2D eigenvalue weighted by Crippen LogP contribution is -2.31. The van der Waals surface area contributed by atoms with Gasteiger partial charge in [0.2, 0.25) is 11.5 Å².